The lowest BCUT2D eigenvalue weighted by atomic mass is 10.1. The van der Waals surface area contributed by atoms with E-state index >= 15 is 0 Å². The second-order valence-corrected chi connectivity index (χ2v) is 10.4. The first-order chi connectivity index (χ1) is 15.4. The highest BCUT2D eigenvalue weighted by Gasteiger charge is 2.23. The van der Waals surface area contributed by atoms with E-state index in [1.807, 2.05) is 50.2 Å². The monoisotopic (exact) mass is 467 g/mol. The minimum absolute atomic E-state index is 0.193. The molecule has 0 saturated heterocycles. The van der Waals surface area contributed by atoms with Crippen LogP contribution < -0.4 is 5.32 Å². The van der Waals surface area contributed by atoms with Crippen LogP contribution >= 0.6 is 11.3 Å². The Labute approximate surface area is 191 Å². The van der Waals surface area contributed by atoms with Crippen LogP contribution in [0.15, 0.2) is 65.6 Å². The standard InChI is InChI=1S/C24H25N3O3S2/c1-3-5-16-27(4-2)32(29,30)19-13-10-18(11-14-19)23(28)26-24-25-22-20-9-7-6-8-17(20)12-15-21(22)31-24/h6-15H,3-5,16H2,1-2H3,(H,25,26,28). The van der Waals surface area contributed by atoms with Crippen molar-refractivity contribution in [1.29, 1.82) is 0 Å². The van der Waals surface area contributed by atoms with Crippen LogP contribution in [-0.2, 0) is 10.0 Å². The van der Waals surface area contributed by atoms with Gasteiger partial charge in [0.15, 0.2) is 5.13 Å². The number of aromatic nitrogens is 1. The Hall–Kier alpha value is -2.81. The minimum atomic E-state index is -3.57. The van der Waals surface area contributed by atoms with Gasteiger partial charge in [-0.25, -0.2) is 13.4 Å². The summed E-state index contributed by atoms with van der Waals surface area (Å²) in [6, 6.07) is 18.1. The number of unbranched alkanes of at least 4 members (excludes halogenated alkanes) is 1. The van der Waals surface area contributed by atoms with E-state index in [9.17, 15) is 13.2 Å². The third-order valence-electron chi connectivity index (χ3n) is 5.37. The first-order valence-corrected chi connectivity index (χ1v) is 12.9. The van der Waals surface area contributed by atoms with Crippen LogP contribution in [0.3, 0.4) is 0 Å². The van der Waals surface area contributed by atoms with Crippen LogP contribution in [-0.4, -0.2) is 36.7 Å². The van der Waals surface area contributed by atoms with Gasteiger partial charge in [-0.05, 0) is 42.1 Å². The molecule has 3 aromatic carbocycles. The predicted molar refractivity (Wildman–Crippen MR) is 131 cm³/mol. The van der Waals surface area contributed by atoms with Crippen molar-refractivity contribution in [1.82, 2.24) is 9.29 Å². The number of sulfonamides is 1. The molecule has 0 bridgehead atoms. The van der Waals surface area contributed by atoms with E-state index in [1.54, 1.807) is 12.1 Å². The third kappa shape index (κ3) is 4.39. The summed E-state index contributed by atoms with van der Waals surface area (Å²) in [5.74, 6) is -0.323. The zero-order chi connectivity index (χ0) is 22.7. The van der Waals surface area contributed by atoms with Crippen LogP contribution in [0.2, 0.25) is 0 Å². The number of nitrogens with zero attached hydrogens (tertiary/aromatic N) is 2. The van der Waals surface area contributed by atoms with Gasteiger partial charge in [0.25, 0.3) is 5.91 Å². The SMILES string of the molecule is CCCCN(CC)S(=O)(=O)c1ccc(C(=O)Nc2nc3c(ccc4ccccc43)s2)cc1. The zero-order valence-electron chi connectivity index (χ0n) is 18.0. The van der Waals surface area contributed by atoms with Crippen molar-refractivity contribution >= 4 is 53.4 Å². The van der Waals surface area contributed by atoms with Crippen molar-refractivity contribution in [3.05, 3.63) is 66.2 Å². The van der Waals surface area contributed by atoms with E-state index in [0.29, 0.717) is 23.8 Å². The molecule has 4 rings (SSSR count). The number of amides is 1. The maximum Gasteiger partial charge on any atom is 0.257 e. The van der Waals surface area contributed by atoms with Crippen LogP contribution in [0.4, 0.5) is 5.13 Å². The van der Waals surface area contributed by atoms with Gasteiger partial charge in [-0.15, -0.1) is 0 Å². The van der Waals surface area contributed by atoms with Gasteiger partial charge < -0.3 is 0 Å². The van der Waals surface area contributed by atoms with Crippen LogP contribution in [0.25, 0.3) is 21.0 Å². The van der Waals surface area contributed by atoms with E-state index in [0.717, 1.165) is 33.8 Å². The predicted octanol–water partition coefficient (Wildman–Crippen LogP) is 5.51. The third-order valence-corrected chi connectivity index (χ3v) is 8.30. The summed E-state index contributed by atoms with van der Waals surface area (Å²) in [7, 11) is -3.57. The Bertz CT molecular complexity index is 1360. The van der Waals surface area contributed by atoms with E-state index in [1.165, 1.54) is 27.8 Å². The molecule has 0 radical (unpaired) electrons. The van der Waals surface area contributed by atoms with E-state index in [4.69, 9.17) is 0 Å². The molecule has 0 aliphatic rings. The van der Waals surface area contributed by atoms with Crippen molar-refractivity contribution in [2.24, 2.45) is 0 Å². The number of thiazole rings is 1. The highest BCUT2D eigenvalue weighted by Crippen LogP contribution is 2.32. The van der Waals surface area contributed by atoms with Crippen LogP contribution in [0.1, 0.15) is 37.0 Å². The lowest BCUT2D eigenvalue weighted by Gasteiger charge is -2.20. The number of hydrogen-bond acceptors (Lipinski definition) is 5. The number of rotatable bonds is 8. The number of carbonyl (C=O) groups is 1. The van der Waals surface area contributed by atoms with Crippen LogP contribution in [0, 0.1) is 0 Å². The second kappa shape index (κ2) is 9.36. The summed E-state index contributed by atoms with van der Waals surface area (Å²) in [6.45, 7) is 4.76. The number of anilines is 1. The minimum Gasteiger partial charge on any atom is -0.298 e. The molecule has 0 saturated carbocycles. The fourth-order valence-electron chi connectivity index (χ4n) is 3.59. The van der Waals surface area contributed by atoms with Gasteiger partial charge in [0.2, 0.25) is 10.0 Å². The topological polar surface area (TPSA) is 79.4 Å². The molecule has 1 heterocycles. The summed E-state index contributed by atoms with van der Waals surface area (Å²) < 4.78 is 28.2. The first-order valence-electron chi connectivity index (χ1n) is 10.6. The molecule has 4 aromatic rings. The van der Waals surface area contributed by atoms with Gasteiger partial charge in [-0.3, -0.25) is 10.1 Å². The highest BCUT2D eigenvalue weighted by molar-refractivity contribution is 7.89. The fraction of sp³-hybridized carbons (Fsp3) is 0.250. The Kier molecular flexibility index (Phi) is 6.55. The lowest BCUT2D eigenvalue weighted by molar-refractivity contribution is 0.102. The molecule has 32 heavy (non-hydrogen) atoms. The molecule has 0 spiro atoms. The molecular weight excluding hydrogens is 442 g/mol. The molecular formula is C24H25N3O3S2. The summed E-state index contributed by atoms with van der Waals surface area (Å²) in [5, 5.41) is 5.49. The molecule has 1 N–H and O–H groups in total. The molecule has 1 amide bonds. The molecule has 166 valence electrons. The largest absolute Gasteiger partial charge is 0.298 e. The van der Waals surface area contributed by atoms with Crippen molar-refractivity contribution in [2.75, 3.05) is 18.4 Å². The molecule has 0 atom stereocenters. The Morgan fingerprint density at radius 2 is 1.78 bits per heavy atom. The molecule has 0 unspecified atom stereocenters. The van der Waals surface area contributed by atoms with Gasteiger partial charge >= 0.3 is 0 Å². The van der Waals surface area contributed by atoms with Gasteiger partial charge in [-0.1, -0.05) is 61.9 Å². The van der Waals surface area contributed by atoms with E-state index in [2.05, 4.69) is 10.3 Å². The number of hydrogen-bond donors (Lipinski definition) is 1. The zero-order valence-corrected chi connectivity index (χ0v) is 19.7. The Morgan fingerprint density at radius 3 is 2.50 bits per heavy atom. The van der Waals surface area contributed by atoms with Crippen molar-refractivity contribution in [2.45, 2.75) is 31.6 Å². The molecule has 6 nitrogen and oxygen atoms in total. The maximum absolute atomic E-state index is 12.9. The Balaban J connectivity index is 1.54. The van der Waals surface area contributed by atoms with E-state index < -0.39 is 10.0 Å². The average Bonchev–Trinajstić information content (AvgIpc) is 3.22. The van der Waals surface area contributed by atoms with Gasteiger partial charge in [-0.2, -0.15) is 4.31 Å². The van der Waals surface area contributed by atoms with Gasteiger partial charge in [0.05, 0.1) is 15.1 Å². The van der Waals surface area contributed by atoms with Crippen molar-refractivity contribution < 1.29 is 13.2 Å². The number of carbonyl (C=O) groups excluding carboxylic acids is 1. The molecule has 8 heteroatoms. The Morgan fingerprint density at radius 1 is 1.03 bits per heavy atom. The summed E-state index contributed by atoms with van der Waals surface area (Å²) in [6.07, 6.45) is 1.73. The second-order valence-electron chi connectivity index (χ2n) is 7.48. The summed E-state index contributed by atoms with van der Waals surface area (Å²) in [4.78, 5) is 17.5. The maximum atomic E-state index is 12.9. The molecule has 0 aliphatic heterocycles. The first kappa shape index (κ1) is 22.4. The van der Waals surface area contributed by atoms with E-state index in [-0.39, 0.29) is 10.8 Å². The quantitative estimate of drug-likeness (QED) is 0.370. The smallest absolute Gasteiger partial charge is 0.257 e. The summed E-state index contributed by atoms with van der Waals surface area (Å²) in [5.41, 5.74) is 1.24. The normalized spacial score (nSPS) is 12.0. The van der Waals surface area contributed by atoms with Crippen molar-refractivity contribution in [3.63, 3.8) is 0 Å². The van der Waals surface area contributed by atoms with Gasteiger partial charge in [0.1, 0.15) is 0 Å². The van der Waals surface area contributed by atoms with Gasteiger partial charge in [0, 0.05) is 24.0 Å². The van der Waals surface area contributed by atoms with Crippen LogP contribution in [0.5, 0.6) is 0 Å². The molecule has 0 aliphatic carbocycles. The highest BCUT2D eigenvalue weighted by atomic mass is 32.2. The fourth-order valence-corrected chi connectivity index (χ4v) is 5.96. The number of benzene rings is 3. The summed E-state index contributed by atoms with van der Waals surface area (Å²) >= 11 is 1.41. The molecule has 0 fully saturated rings. The molecule has 1 aromatic heterocycles. The average molecular weight is 468 g/mol. The van der Waals surface area contributed by atoms with Crippen molar-refractivity contribution in [3.8, 4) is 0 Å². The number of fused-ring (bicyclic) bond motifs is 3. The number of nitrogens with one attached hydrogen (secondary N) is 1. The lowest BCUT2D eigenvalue weighted by Crippen LogP contribution is -2.31.